The van der Waals surface area contributed by atoms with E-state index in [4.69, 9.17) is 5.73 Å². The number of carbonyl (C=O) groups is 1. The van der Waals surface area contributed by atoms with Crippen LogP contribution in [0.25, 0.3) is 0 Å². The second-order valence-electron chi connectivity index (χ2n) is 5.68. The molecule has 0 heterocycles. The van der Waals surface area contributed by atoms with Crippen molar-refractivity contribution in [3.05, 3.63) is 35.4 Å². The van der Waals surface area contributed by atoms with Gasteiger partial charge in [0.1, 0.15) is 0 Å². The van der Waals surface area contributed by atoms with Gasteiger partial charge in [-0.1, -0.05) is 32.9 Å². The summed E-state index contributed by atoms with van der Waals surface area (Å²) in [5.41, 5.74) is 4.84. The summed E-state index contributed by atoms with van der Waals surface area (Å²) >= 11 is 0. The third-order valence-corrected chi connectivity index (χ3v) is 3.03. The van der Waals surface area contributed by atoms with E-state index in [1.807, 2.05) is 20.8 Å². The normalized spacial score (nSPS) is 14.3. The number of hydrogen-bond donors (Lipinski definition) is 1. The molecule has 0 fully saturated rings. The van der Waals surface area contributed by atoms with E-state index in [1.165, 1.54) is 12.1 Å². The first kappa shape index (κ1) is 15.7. The topological polar surface area (TPSA) is 43.1 Å². The van der Waals surface area contributed by atoms with Crippen LogP contribution >= 0.6 is 0 Å². The van der Waals surface area contributed by atoms with Crippen molar-refractivity contribution in [1.82, 2.24) is 0 Å². The standard InChI is InChI=1S/C14H18F3NO/c1-13(2,3)12(18)8-11(19)9-5-4-6-10(7-9)14(15,16)17/h4-7,12H,8,18H2,1-3H3. The number of benzene rings is 1. The van der Waals surface area contributed by atoms with E-state index in [2.05, 4.69) is 0 Å². The van der Waals surface area contributed by atoms with Gasteiger partial charge in [0.2, 0.25) is 0 Å². The third-order valence-electron chi connectivity index (χ3n) is 3.03. The molecule has 0 radical (unpaired) electrons. The van der Waals surface area contributed by atoms with Crippen LogP contribution in [0.2, 0.25) is 0 Å². The molecule has 1 unspecified atom stereocenters. The molecule has 1 rings (SSSR count). The Balaban J connectivity index is 2.90. The number of hydrogen-bond acceptors (Lipinski definition) is 2. The van der Waals surface area contributed by atoms with Gasteiger partial charge in [0.25, 0.3) is 0 Å². The lowest BCUT2D eigenvalue weighted by atomic mass is 9.83. The Hall–Kier alpha value is -1.36. The number of alkyl halides is 3. The second kappa shape index (κ2) is 5.33. The molecular weight excluding hydrogens is 255 g/mol. The molecule has 0 aliphatic rings. The molecule has 0 aliphatic heterocycles. The van der Waals surface area contributed by atoms with Crippen molar-refractivity contribution in [2.24, 2.45) is 11.1 Å². The van der Waals surface area contributed by atoms with Crippen molar-refractivity contribution in [2.45, 2.75) is 39.4 Å². The largest absolute Gasteiger partial charge is 0.416 e. The lowest BCUT2D eigenvalue weighted by Gasteiger charge is -2.26. The van der Waals surface area contributed by atoms with Gasteiger partial charge in [0.15, 0.2) is 5.78 Å². The van der Waals surface area contributed by atoms with Crippen LogP contribution < -0.4 is 5.73 Å². The molecule has 19 heavy (non-hydrogen) atoms. The maximum Gasteiger partial charge on any atom is 0.416 e. The van der Waals surface area contributed by atoms with Gasteiger partial charge in [-0.2, -0.15) is 13.2 Å². The quantitative estimate of drug-likeness (QED) is 0.854. The van der Waals surface area contributed by atoms with Crippen LogP contribution in [0.5, 0.6) is 0 Å². The van der Waals surface area contributed by atoms with Gasteiger partial charge in [-0.15, -0.1) is 0 Å². The van der Waals surface area contributed by atoms with Crippen molar-refractivity contribution >= 4 is 5.78 Å². The van der Waals surface area contributed by atoms with Crippen molar-refractivity contribution in [3.63, 3.8) is 0 Å². The molecule has 0 amide bonds. The zero-order valence-electron chi connectivity index (χ0n) is 11.2. The molecule has 2 nitrogen and oxygen atoms in total. The number of carbonyl (C=O) groups excluding carboxylic acids is 1. The Labute approximate surface area is 110 Å². The van der Waals surface area contributed by atoms with Crippen LogP contribution in [-0.4, -0.2) is 11.8 Å². The molecule has 0 aromatic heterocycles. The van der Waals surface area contributed by atoms with Crippen molar-refractivity contribution in [1.29, 1.82) is 0 Å². The van der Waals surface area contributed by atoms with Gasteiger partial charge in [0.05, 0.1) is 5.56 Å². The van der Waals surface area contributed by atoms with Crippen molar-refractivity contribution in [2.75, 3.05) is 0 Å². The predicted molar refractivity (Wildman–Crippen MR) is 67.8 cm³/mol. The number of ketones is 1. The third kappa shape index (κ3) is 4.35. The van der Waals surface area contributed by atoms with Crippen LogP contribution in [0.15, 0.2) is 24.3 Å². The average molecular weight is 273 g/mol. The monoisotopic (exact) mass is 273 g/mol. The van der Waals surface area contributed by atoms with Gasteiger partial charge >= 0.3 is 6.18 Å². The summed E-state index contributed by atoms with van der Waals surface area (Å²) in [5, 5.41) is 0. The van der Waals surface area contributed by atoms with E-state index < -0.39 is 17.8 Å². The number of Topliss-reactive ketones (excluding diaryl/α,β-unsaturated/α-hetero) is 1. The first-order valence-electron chi connectivity index (χ1n) is 5.98. The maximum atomic E-state index is 12.5. The summed E-state index contributed by atoms with van der Waals surface area (Å²) in [5.74, 6) is -0.367. The highest BCUT2D eigenvalue weighted by Gasteiger charge is 2.31. The Morgan fingerprint density at radius 2 is 1.84 bits per heavy atom. The maximum absolute atomic E-state index is 12.5. The molecule has 106 valence electrons. The van der Waals surface area contributed by atoms with Gasteiger partial charge < -0.3 is 5.73 Å². The molecule has 0 spiro atoms. The lowest BCUT2D eigenvalue weighted by molar-refractivity contribution is -0.137. The minimum atomic E-state index is -4.44. The van der Waals surface area contributed by atoms with Crippen LogP contribution in [-0.2, 0) is 6.18 Å². The minimum Gasteiger partial charge on any atom is -0.327 e. The fourth-order valence-corrected chi connectivity index (χ4v) is 1.49. The van der Waals surface area contributed by atoms with Gasteiger partial charge in [-0.3, -0.25) is 4.79 Å². The molecule has 2 N–H and O–H groups in total. The number of rotatable bonds is 3. The molecule has 0 saturated carbocycles. The lowest BCUT2D eigenvalue weighted by Crippen LogP contribution is -2.37. The van der Waals surface area contributed by atoms with Crippen LogP contribution in [0.4, 0.5) is 13.2 Å². The molecule has 1 aromatic rings. The fraction of sp³-hybridized carbons (Fsp3) is 0.500. The molecule has 0 aliphatic carbocycles. The second-order valence-corrected chi connectivity index (χ2v) is 5.68. The van der Waals surface area contributed by atoms with Crippen molar-refractivity contribution < 1.29 is 18.0 Å². The number of nitrogens with two attached hydrogens (primary N) is 1. The van der Waals surface area contributed by atoms with E-state index in [0.717, 1.165) is 12.1 Å². The molecule has 1 atom stereocenters. The van der Waals surface area contributed by atoms with Gasteiger partial charge in [0, 0.05) is 18.0 Å². The van der Waals surface area contributed by atoms with E-state index >= 15 is 0 Å². The zero-order valence-corrected chi connectivity index (χ0v) is 11.2. The predicted octanol–water partition coefficient (Wildman–Crippen LogP) is 3.65. The average Bonchev–Trinajstić information content (AvgIpc) is 2.26. The summed E-state index contributed by atoms with van der Waals surface area (Å²) in [6.07, 6.45) is -4.41. The summed E-state index contributed by atoms with van der Waals surface area (Å²) in [6, 6.07) is 4.04. The van der Waals surface area contributed by atoms with E-state index in [-0.39, 0.29) is 23.2 Å². The molecule has 1 aromatic carbocycles. The summed E-state index contributed by atoms with van der Waals surface area (Å²) in [6.45, 7) is 5.66. The summed E-state index contributed by atoms with van der Waals surface area (Å²) < 4.78 is 37.6. The SMILES string of the molecule is CC(C)(C)C(N)CC(=O)c1cccc(C(F)(F)F)c1. The molecule has 0 saturated heterocycles. The van der Waals surface area contributed by atoms with Gasteiger partial charge in [-0.05, 0) is 17.5 Å². The van der Waals surface area contributed by atoms with Gasteiger partial charge in [-0.25, -0.2) is 0 Å². The fourth-order valence-electron chi connectivity index (χ4n) is 1.49. The van der Waals surface area contributed by atoms with Crippen LogP contribution in [0.3, 0.4) is 0 Å². The van der Waals surface area contributed by atoms with Crippen LogP contribution in [0, 0.1) is 5.41 Å². The Morgan fingerprint density at radius 3 is 2.32 bits per heavy atom. The zero-order chi connectivity index (χ0) is 14.8. The van der Waals surface area contributed by atoms with E-state index in [1.54, 1.807) is 0 Å². The number of halogens is 3. The van der Waals surface area contributed by atoms with E-state index in [0.29, 0.717) is 0 Å². The first-order valence-corrected chi connectivity index (χ1v) is 5.98. The molecule has 0 bridgehead atoms. The van der Waals surface area contributed by atoms with E-state index in [9.17, 15) is 18.0 Å². The Bertz CT molecular complexity index is 460. The summed E-state index contributed by atoms with van der Waals surface area (Å²) in [7, 11) is 0. The highest BCUT2D eigenvalue weighted by atomic mass is 19.4. The Morgan fingerprint density at radius 1 is 1.26 bits per heavy atom. The molecular formula is C14H18F3NO. The van der Waals surface area contributed by atoms with Crippen LogP contribution in [0.1, 0.15) is 43.1 Å². The molecule has 5 heteroatoms. The first-order chi connectivity index (χ1) is 8.51. The highest BCUT2D eigenvalue weighted by Crippen LogP contribution is 2.30. The smallest absolute Gasteiger partial charge is 0.327 e. The minimum absolute atomic E-state index is 0.0326. The Kier molecular flexibility index (Phi) is 4.40. The summed E-state index contributed by atoms with van der Waals surface area (Å²) in [4.78, 5) is 11.9. The highest BCUT2D eigenvalue weighted by molar-refractivity contribution is 5.96. The van der Waals surface area contributed by atoms with Crippen molar-refractivity contribution in [3.8, 4) is 0 Å².